The third-order valence-electron chi connectivity index (χ3n) is 2.76. The van der Waals surface area contributed by atoms with Gasteiger partial charge in [0.25, 0.3) is 0 Å². The zero-order valence-corrected chi connectivity index (χ0v) is 14.9. The number of halogens is 2. The molecule has 18 heavy (non-hydrogen) atoms. The fraction of sp³-hybridized carbons (Fsp3) is 0.286. The Bertz CT molecular complexity index is 538. The molecule has 0 saturated carbocycles. The Morgan fingerprint density at radius 2 is 2.17 bits per heavy atom. The number of aryl methyl sites for hydroxylation is 1. The van der Waals surface area contributed by atoms with Crippen molar-refractivity contribution in [2.24, 2.45) is 0 Å². The topological polar surface area (TPSA) is 12.0 Å². The molecule has 1 unspecified atom stereocenters. The minimum Gasteiger partial charge on any atom is -0.306 e. The maximum Gasteiger partial charge on any atom is 0.0595 e. The number of benzene rings is 1. The lowest BCUT2D eigenvalue weighted by Gasteiger charge is -2.19. The Morgan fingerprint density at radius 3 is 2.78 bits per heavy atom. The maximum absolute atomic E-state index is 3.58. The zero-order valence-electron chi connectivity index (χ0n) is 10.3. The summed E-state index contributed by atoms with van der Waals surface area (Å²) in [6.45, 7) is 5.27. The molecule has 2 aromatic rings. The summed E-state index contributed by atoms with van der Waals surface area (Å²) in [5.41, 5.74) is 2.69. The molecule has 1 nitrogen and oxygen atoms in total. The first-order chi connectivity index (χ1) is 8.61. The van der Waals surface area contributed by atoms with Crippen LogP contribution in [0.4, 0.5) is 0 Å². The largest absolute Gasteiger partial charge is 0.306 e. The average Bonchev–Trinajstić information content (AvgIpc) is 2.76. The van der Waals surface area contributed by atoms with E-state index in [1.165, 1.54) is 19.6 Å². The molecular formula is C14H15BrINS. The lowest BCUT2D eigenvalue weighted by Crippen LogP contribution is -2.22. The Morgan fingerprint density at radius 1 is 1.39 bits per heavy atom. The summed E-state index contributed by atoms with van der Waals surface area (Å²) in [5, 5.41) is 5.83. The molecule has 1 atom stereocenters. The molecule has 0 bridgehead atoms. The van der Waals surface area contributed by atoms with Crippen molar-refractivity contribution in [1.82, 2.24) is 5.32 Å². The van der Waals surface area contributed by atoms with Crippen molar-refractivity contribution in [3.63, 3.8) is 0 Å². The molecule has 1 aromatic heterocycles. The average molecular weight is 436 g/mol. The van der Waals surface area contributed by atoms with E-state index in [9.17, 15) is 0 Å². The van der Waals surface area contributed by atoms with Crippen LogP contribution >= 0.6 is 49.9 Å². The van der Waals surface area contributed by atoms with Gasteiger partial charge < -0.3 is 5.32 Å². The Hall–Kier alpha value is 0.0900. The third kappa shape index (κ3) is 3.35. The molecule has 96 valence electrons. The van der Waals surface area contributed by atoms with Crippen molar-refractivity contribution in [1.29, 1.82) is 0 Å². The molecule has 1 N–H and O–H groups in total. The summed E-state index contributed by atoms with van der Waals surface area (Å²) in [5.74, 6) is 0. The monoisotopic (exact) mass is 435 g/mol. The van der Waals surface area contributed by atoms with Crippen LogP contribution in [-0.2, 0) is 0 Å². The van der Waals surface area contributed by atoms with E-state index in [0.29, 0.717) is 0 Å². The lowest BCUT2D eigenvalue weighted by molar-refractivity contribution is 0.629. The third-order valence-corrected chi connectivity index (χ3v) is 5.12. The van der Waals surface area contributed by atoms with E-state index >= 15 is 0 Å². The van der Waals surface area contributed by atoms with Crippen molar-refractivity contribution in [2.75, 3.05) is 6.54 Å². The molecule has 0 spiro atoms. The highest BCUT2D eigenvalue weighted by molar-refractivity contribution is 14.1. The van der Waals surface area contributed by atoms with Gasteiger partial charge in [0.15, 0.2) is 0 Å². The van der Waals surface area contributed by atoms with Crippen molar-refractivity contribution in [3.05, 3.63) is 53.7 Å². The van der Waals surface area contributed by atoms with Crippen molar-refractivity contribution < 1.29 is 0 Å². The van der Waals surface area contributed by atoms with Crippen LogP contribution in [0, 0.1) is 10.5 Å². The summed E-state index contributed by atoms with van der Waals surface area (Å²) in [7, 11) is 0. The van der Waals surface area contributed by atoms with E-state index in [1.54, 1.807) is 0 Å². The SMILES string of the molecule is CCNC(c1csc(C)c1)c1cc(Br)ccc1I. The van der Waals surface area contributed by atoms with Gasteiger partial charge in [0, 0.05) is 12.9 Å². The van der Waals surface area contributed by atoms with Crippen molar-refractivity contribution >= 4 is 49.9 Å². The molecule has 0 radical (unpaired) electrons. The Labute approximate surface area is 134 Å². The number of rotatable bonds is 4. The van der Waals surface area contributed by atoms with E-state index in [2.05, 4.69) is 87.3 Å². The van der Waals surface area contributed by atoms with E-state index in [4.69, 9.17) is 0 Å². The Balaban J connectivity index is 2.44. The van der Waals surface area contributed by atoms with Gasteiger partial charge >= 0.3 is 0 Å². The van der Waals surface area contributed by atoms with Crippen molar-refractivity contribution in [2.45, 2.75) is 19.9 Å². The maximum atomic E-state index is 3.58. The number of hydrogen-bond donors (Lipinski definition) is 1. The molecule has 2 rings (SSSR count). The fourth-order valence-corrected chi connectivity index (χ4v) is 3.72. The fourth-order valence-electron chi connectivity index (χ4n) is 1.96. The van der Waals surface area contributed by atoms with Gasteiger partial charge in [-0.3, -0.25) is 0 Å². The lowest BCUT2D eigenvalue weighted by atomic mass is 10.0. The molecule has 0 saturated heterocycles. The highest BCUT2D eigenvalue weighted by atomic mass is 127. The molecular weight excluding hydrogens is 421 g/mol. The van der Waals surface area contributed by atoms with Crippen LogP contribution in [0.5, 0.6) is 0 Å². The molecule has 1 heterocycles. The van der Waals surface area contributed by atoms with E-state index in [0.717, 1.165) is 11.0 Å². The standard InChI is InChI=1S/C14H15BrINS/c1-3-17-14(10-6-9(2)18-8-10)12-7-11(15)4-5-13(12)16/h4-8,14,17H,3H2,1-2H3. The second-order valence-corrected chi connectivity index (χ2v) is 7.34. The van der Waals surface area contributed by atoms with Gasteiger partial charge in [-0.05, 0) is 76.8 Å². The van der Waals surface area contributed by atoms with Crippen LogP contribution < -0.4 is 5.32 Å². The van der Waals surface area contributed by atoms with Gasteiger partial charge in [-0.15, -0.1) is 11.3 Å². The Kier molecular flexibility index (Phi) is 5.24. The van der Waals surface area contributed by atoms with Gasteiger partial charge in [-0.25, -0.2) is 0 Å². The van der Waals surface area contributed by atoms with Crippen LogP contribution in [0.1, 0.15) is 29.0 Å². The number of hydrogen-bond acceptors (Lipinski definition) is 2. The first-order valence-electron chi connectivity index (χ1n) is 5.85. The van der Waals surface area contributed by atoms with Crippen molar-refractivity contribution in [3.8, 4) is 0 Å². The highest BCUT2D eigenvalue weighted by Gasteiger charge is 2.17. The summed E-state index contributed by atoms with van der Waals surface area (Å²) >= 11 is 7.78. The smallest absolute Gasteiger partial charge is 0.0595 e. The van der Waals surface area contributed by atoms with Gasteiger partial charge in [-0.1, -0.05) is 22.9 Å². The van der Waals surface area contributed by atoms with Crippen LogP contribution in [0.3, 0.4) is 0 Å². The minimum atomic E-state index is 0.282. The van der Waals surface area contributed by atoms with E-state index < -0.39 is 0 Å². The van der Waals surface area contributed by atoms with Gasteiger partial charge in [0.1, 0.15) is 0 Å². The first kappa shape index (κ1) is 14.5. The molecule has 0 aliphatic heterocycles. The summed E-state index contributed by atoms with van der Waals surface area (Å²) < 4.78 is 2.43. The second kappa shape index (κ2) is 6.50. The zero-order chi connectivity index (χ0) is 13.1. The van der Waals surface area contributed by atoms with Crippen LogP contribution in [0.2, 0.25) is 0 Å². The normalized spacial score (nSPS) is 12.7. The molecule has 0 aliphatic carbocycles. The van der Waals surface area contributed by atoms with Gasteiger partial charge in [0.05, 0.1) is 6.04 Å². The molecule has 0 fully saturated rings. The number of thiophene rings is 1. The molecule has 4 heteroatoms. The van der Waals surface area contributed by atoms with Crippen LogP contribution in [0.15, 0.2) is 34.1 Å². The minimum absolute atomic E-state index is 0.282. The predicted octanol–water partition coefficient (Wildman–Crippen LogP) is 5.12. The van der Waals surface area contributed by atoms with Crippen LogP contribution in [-0.4, -0.2) is 6.54 Å². The predicted molar refractivity (Wildman–Crippen MR) is 91.4 cm³/mol. The molecule has 0 amide bonds. The number of nitrogens with one attached hydrogen (secondary N) is 1. The van der Waals surface area contributed by atoms with Crippen LogP contribution in [0.25, 0.3) is 0 Å². The van der Waals surface area contributed by atoms with E-state index in [1.807, 2.05) is 11.3 Å². The summed E-state index contributed by atoms with van der Waals surface area (Å²) in [6, 6.07) is 9.01. The van der Waals surface area contributed by atoms with Gasteiger partial charge in [0.2, 0.25) is 0 Å². The molecule has 1 aromatic carbocycles. The molecule has 0 aliphatic rings. The summed E-state index contributed by atoms with van der Waals surface area (Å²) in [4.78, 5) is 1.36. The second-order valence-electron chi connectivity index (χ2n) is 4.15. The quantitative estimate of drug-likeness (QED) is 0.657. The first-order valence-corrected chi connectivity index (χ1v) is 8.60. The summed E-state index contributed by atoms with van der Waals surface area (Å²) in [6.07, 6.45) is 0. The van der Waals surface area contributed by atoms with Gasteiger partial charge in [-0.2, -0.15) is 0 Å². The highest BCUT2D eigenvalue weighted by Crippen LogP contribution is 2.31. The van der Waals surface area contributed by atoms with E-state index in [-0.39, 0.29) is 6.04 Å².